The molecule has 11 heteroatoms. The van der Waals surface area contributed by atoms with E-state index >= 15 is 0 Å². The van der Waals surface area contributed by atoms with Crippen LogP contribution in [0, 0.1) is 29.1 Å². The molecule has 0 N–H and O–H groups in total. The van der Waals surface area contributed by atoms with Crippen molar-refractivity contribution in [1.29, 1.82) is 0 Å². The average molecular weight is 633 g/mol. The molecule has 0 saturated heterocycles. The molecule has 4 aromatic rings. The molecule has 210 valence electrons. The molecule has 0 bridgehead atoms. The van der Waals surface area contributed by atoms with Gasteiger partial charge in [-0.05, 0) is 62.8 Å². The van der Waals surface area contributed by atoms with E-state index in [1.807, 2.05) is 19.1 Å². The molecule has 0 aliphatic carbocycles. The highest BCUT2D eigenvalue weighted by atomic mass is 79.9. The fourth-order valence-electron chi connectivity index (χ4n) is 4.17. The lowest BCUT2D eigenvalue weighted by molar-refractivity contribution is -0.189. The Bertz CT molecular complexity index is 1500. The summed E-state index contributed by atoms with van der Waals surface area (Å²) in [5, 5.41) is 0. The van der Waals surface area contributed by atoms with Crippen molar-refractivity contribution in [3.63, 3.8) is 0 Å². The van der Waals surface area contributed by atoms with E-state index in [2.05, 4.69) is 4.74 Å². The Labute approximate surface area is 231 Å². The molecule has 0 saturated carbocycles. The number of benzene rings is 4. The van der Waals surface area contributed by atoms with Crippen LogP contribution in [-0.4, -0.2) is 0 Å². The second-order valence-electron chi connectivity index (χ2n) is 8.83. The Balaban J connectivity index is 1.63. The zero-order valence-corrected chi connectivity index (χ0v) is 22.0. The first-order valence-electron chi connectivity index (χ1n) is 11.7. The van der Waals surface area contributed by atoms with Gasteiger partial charge in [0.2, 0.25) is 0 Å². The summed E-state index contributed by atoms with van der Waals surface area (Å²) in [5.74, 6) is -9.77. The first-order chi connectivity index (χ1) is 18.7. The molecule has 0 amide bonds. The molecule has 4 aromatic carbocycles. The first-order valence-corrected chi connectivity index (χ1v) is 12.5. The Morgan fingerprint density at radius 3 is 1.62 bits per heavy atom. The van der Waals surface area contributed by atoms with Crippen LogP contribution in [0.4, 0.5) is 39.5 Å². The van der Waals surface area contributed by atoms with Gasteiger partial charge in [0.25, 0.3) is 0 Å². The number of alkyl halides is 5. The van der Waals surface area contributed by atoms with Crippen molar-refractivity contribution in [1.82, 2.24) is 0 Å². The molecule has 0 unspecified atom stereocenters. The summed E-state index contributed by atoms with van der Waals surface area (Å²) in [6.07, 6.45) is -3.01. The normalized spacial score (nSPS) is 12.1. The zero-order chi connectivity index (χ0) is 29.4. The first kappa shape index (κ1) is 29.5. The fraction of sp³-hybridized carbons (Fsp3) is 0.172. The molecule has 4 rings (SSSR count). The van der Waals surface area contributed by atoms with Crippen LogP contribution in [0.1, 0.15) is 30.0 Å². The Morgan fingerprint density at radius 1 is 0.625 bits per heavy atom. The van der Waals surface area contributed by atoms with Gasteiger partial charge in [-0.2, -0.15) is 17.6 Å². The van der Waals surface area contributed by atoms with Crippen LogP contribution >= 0.6 is 15.9 Å². The lowest BCUT2D eigenvalue weighted by atomic mass is 9.97. The van der Waals surface area contributed by atoms with Gasteiger partial charge < -0.3 is 4.74 Å². The summed E-state index contributed by atoms with van der Waals surface area (Å²) < 4.78 is 133. The minimum Gasteiger partial charge on any atom is -0.429 e. The molecule has 0 aromatic heterocycles. The van der Waals surface area contributed by atoms with Crippen molar-refractivity contribution >= 4 is 15.9 Å². The highest BCUT2D eigenvalue weighted by molar-refractivity contribution is 9.09. The van der Waals surface area contributed by atoms with Crippen LogP contribution in [0.5, 0.6) is 5.75 Å². The van der Waals surface area contributed by atoms with Crippen molar-refractivity contribution < 1.29 is 44.3 Å². The minimum atomic E-state index is -4.84. The lowest BCUT2D eigenvalue weighted by Gasteiger charge is -2.21. The second-order valence-corrected chi connectivity index (χ2v) is 9.83. The highest BCUT2D eigenvalue weighted by Crippen LogP contribution is 2.42. The SMILES string of the molecule is CCCc1ccc(-c2ccc(-c3cc(F)c(C(F)(F)Oc4cc(F)c(C(F)(F)Br)c(F)c4)c(F)c3)c(F)c2)cc1. The van der Waals surface area contributed by atoms with Gasteiger partial charge in [-0.1, -0.05) is 49.7 Å². The molecular formula is C29H18BrF9O. The van der Waals surface area contributed by atoms with E-state index in [-0.39, 0.29) is 17.7 Å². The molecule has 1 nitrogen and oxygen atoms in total. The van der Waals surface area contributed by atoms with Gasteiger partial charge in [0, 0.05) is 17.7 Å². The predicted octanol–water partition coefficient (Wildman–Crippen LogP) is 10.2. The van der Waals surface area contributed by atoms with Gasteiger partial charge in [0.1, 0.15) is 46.0 Å². The summed E-state index contributed by atoms with van der Waals surface area (Å²) in [5.41, 5.74) is -2.13. The fourth-order valence-corrected chi connectivity index (χ4v) is 4.55. The van der Waals surface area contributed by atoms with E-state index in [0.29, 0.717) is 23.3 Å². The third kappa shape index (κ3) is 6.14. The van der Waals surface area contributed by atoms with E-state index in [9.17, 15) is 39.5 Å². The van der Waals surface area contributed by atoms with Crippen LogP contribution in [-0.2, 0) is 17.4 Å². The van der Waals surface area contributed by atoms with Gasteiger partial charge >= 0.3 is 10.9 Å². The Hall–Kier alpha value is -3.47. The summed E-state index contributed by atoms with van der Waals surface area (Å²) in [4.78, 5) is -4.16. The van der Waals surface area contributed by atoms with E-state index < -0.39 is 62.5 Å². The number of rotatable bonds is 8. The standard InChI is InChI=1S/C29H18BrF9O/c1-2-3-15-4-6-16(7-5-15)17-8-9-20(21(31)10-17)18-11-22(32)27(23(33)12-18)29(38,39)40-19-13-24(34)26(25(35)14-19)28(30,36)37/h4-14H,2-3H2,1H3. The topological polar surface area (TPSA) is 9.23 Å². The smallest absolute Gasteiger partial charge is 0.429 e. The summed E-state index contributed by atoms with van der Waals surface area (Å²) in [6.45, 7) is 2.03. The maximum atomic E-state index is 15.0. The zero-order valence-electron chi connectivity index (χ0n) is 20.5. The van der Waals surface area contributed by atoms with Gasteiger partial charge in [0.15, 0.2) is 0 Å². The van der Waals surface area contributed by atoms with Crippen molar-refractivity contribution in [2.45, 2.75) is 30.7 Å². The van der Waals surface area contributed by atoms with Crippen molar-refractivity contribution in [2.24, 2.45) is 0 Å². The van der Waals surface area contributed by atoms with E-state index in [0.717, 1.165) is 24.5 Å². The lowest BCUT2D eigenvalue weighted by Crippen LogP contribution is -2.25. The molecule has 0 heterocycles. The third-order valence-electron chi connectivity index (χ3n) is 5.98. The monoisotopic (exact) mass is 632 g/mol. The van der Waals surface area contributed by atoms with Crippen LogP contribution in [0.15, 0.2) is 66.7 Å². The Morgan fingerprint density at radius 2 is 1.12 bits per heavy atom. The van der Waals surface area contributed by atoms with Crippen molar-refractivity contribution in [3.05, 3.63) is 113 Å². The number of hydrogen-bond acceptors (Lipinski definition) is 1. The van der Waals surface area contributed by atoms with E-state index in [1.54, 1.807) is 28.1 Å². The predicted molar refractivity (Wildman–Crippen MR) is 135 cm³/mol. The molecule has 0 aliphatic rings. The molecule has 0 aliphatic heterocycles. The maximum Gasteiger partial charge on any atom is 0.432 e. The van der Waals surface area contributed by atoms with Crippen LogP contribution < -0.4 is 4.74 Å². The van der Waals surface area contributed by atoms with Crippen molar-refractivity contribution in [3.8, 4) is 28.0 Å². The number of halogens is 10. The molecule has 0 fully saturated rings. The van der Waals surface area contributed by atoms with Crippen molar-refractivity contribution in [2.75, 3.05) is 0 Å². The third-order valence-corrected chi connectivity index (χ3v) is 6.38. The van der Waals surface area contributed by atoms with Gasteiger partial charge in [-0.3, -0.25) is 0 Å². The van der Waals surface area contributed by atoms with E-state index in [4.69, 9.17) is 0 Å². The van der Waals surface area contributed by atoms with Gasteiger partial charge in [0.05, 0.1) is 0 Å². The van der Waals surface area contributed by atoms with Gasteiger partial charge in [-0.15, -0.1) is 0 Å². The van der Waals surface area contributed by atoms with Gasteiger partial charge in [-0.25, -0.2) is 22.0 Å². The minimum absolute atomic E-state index is 0.0138. The second kappa shape index (κ2) is 11.2. The van der Waals surface area contributed by atoms with Crippen LogP contribution in [0.2, 0.25) is 0 Å². The number of hydrogen-bond donors (Lipinski definition) is 0. The van der Waals surface area contributed by atoms with Crippen LogP contribution in [0.25, 0.3) is 22.3 Å². The van der Waals surface area contributed by atoms with E-state index in [1.165, 1.54) is 12.1 Å². The summed E-state index contributed by atoms with van der Waals surface area (Å²) in [6, 6.07) is 12.2. The highest BCUT2D eigenvalue weighted by Gasteiger charge is 2.42. The molecule has 0 spiro atoms. The average Bonchev–Trinajstić information content (AvgIpc) is 2.82. The largest absolute Gasteiger partial charge is 0.432 e. The number of aryl methyl sites for hydroxylation is 1. The number of ether oxygens (including phenoxy) is 1. The molecule has 0 radical (unpaired) electrons. The maximum absolute atomic E-state index is 15.0. The quantitative estimate of drug-likeness (QED) is 0.139. The summed E-state index contributed by atoms with van der Waals surface area (Å²) in [7, 11) is 0. The molecule has 0 atom stereocenters. The summed E-state index contributed by atoms with van der Waals surface area (Å²) >= 11 is 1.76. The van der Waals surface area contributed by atoms with Crippen LogP contribution in [0.3, 0.4) is 0 Å². The molecular weight excluding hydrogens is 615 g/mol. The molecule has 40 heavy (non-hydrogen) atoms. The Kier molecular flexibility index (Phi) is 8.26.